The maximum atomic E-state index is 10.8. The van der Waals surface area contributed by atoms with Crippen LogP contribution in [0.5, 0.6) is 0 Å². The zero-order valence-electron chi connectivity index (χ0n) is 10.8. The van der Waals surface area contributed by atoms with E-state index in [1.165, 1.54) is 11.3 Å². The molecule has 3 rings (SSSR count). The number of benzene rings is 2. The van der Waals surface area contributed by atoms with Gasteiger partial charge in [-0.15, -0.1) is 11.3 Å². The average molecular weight is 316 g/mol. The summed E-state index contributed by atoms with van der Waals surface area (Å²) in [6.45, 7) is 0. The van der Waals surface area contributed by atoms with Gasteiger partial charge in [-0.2, -0.15) is 0 Å². The van der Waals surface area contributed by atoms with Crippen LogP contribution in [0.15, 0.2) is 53.9 Å². The predicted octanol–water partition coefficient (Wildman–Crippen LogP) is 4.83. The van der Waals surface area contributed by atoms with E-state index >= 15 is 0 Å². The molecule has 104 valence electrons. The summed E-state index contributed by atoms with van der Waals surface area (Å²) in [4.78, 5) is 15.4. The molecule has 0 fully saturated rings. The number of hydrogen-bond acceptors (Lipinski definition) is 3. The smallest absolute Gasteiger partial charge is 0.335 e. The van der Waals surface area contributed by atoms with Crippen LogP contribution in [0.25, 0.3) is 21.8 Å². The second kappa shape index (κ2) is 5.68. The Hall–Kier alpha value is -2.17. The second-order valence-corrected chi connectivity index (χ2v) is 5.73. The van der Waals surface area contributed by atoms with Crippen LogP contribution in [0, 0.1) is 0 Å². The van der Waals surface area contributed by atoms with Crippen molar-refractivity contribution in [2.24, 2.45) is 0 Å². The van der Waals surface area contributed by atoms with Crippen LogP contribution in [-0.2, 0) is 0 Å². The predicted molar refractivity (Wildman–Crippen MR) is 85.0 cm³/mol. The third-order valence-electron chi connectivity index (χ3n) is 3.00. The van der Waals surface area contributed by atoms with E-state index in [1.807, 2.05) is 29.6 Å². The van der Waals surface area contributed by atoms with Gasteiger partial charge >= 0.3 is 5.97 Å². The highest BCUT2D eigenvalue weighted by Gasteiger charge is 2.08. The number of carboxylic acid groups (broad SMARTS) is 1. The maximum Gasteiger partial charge on any atom is 0.335 e. The van der Waals surface area contributed by atoms with Gasteiger partial charge in [0.05, 0.1) is 11.3 Å². The van der Waals surface area contributed by atoms with Crippen LogP contribution >= 0.6 is 22.9 Å². The number of nitrogens with zero attached hydrogens (tertiary/aromatic N) is 1. The minimum absolute atomic E-state index is 0.269. The number of rotatable bonds is 3. The molecule has 0 radical (unpaired) electrons. The Morgan fingerprint density at radius 2 is 1.86 bits per heavy atom. The summed E-state index contributed by atoms with van der Waals surface area (Å²) in [6.07, 6.45) is 0. The topological polar surface area (TPSA) is 50.2 Å². The largest absolute Gasteiger partial charge is 0.478 e. The summed E-state index contributed by atoms with van der Waals surface area (Å²) < 4.78 is 0. The molecule has 0 aliphatic carbocycles. The van der Waals surface area contributed by atoms with Crippen molar-refractivity contribution < 1.29 is 9.90 Å². The first-order valence-corrected chi connectivity index (χ1v) is 7.44. The summed E-state index contributed by atoms with van der Waals surface area (Å²) in [5, 5.41) is 12.4. The van der Waals surface area contributed by atoms with Crippen LogP contribution in [0.2, 0.25) is 5.02 Å². The van der Waals surface area contributed by atoms with Crippen LogP contribution in [0.4, 0.5) is 0 Å². The molecule has 21 heavy (non-hydrogen) atoms. The van der Waals surface area contributed by atoms with Gasteiger partial charge < -0.3 is 5.11 Å². The van der Waals surface area contributed by atoms with Crippen molar-refractivity contribution >= 4 is 28.9 Å². The highest BCUT2D eigenvalue weighted by molar-refractivity contribution is 7.13. The van der Waals surface area contributed by atoms with Crippen molar-refractivity contribution in [1.82, 2.24) is 4.98 Å². The summed E-state index contributed by atoms with van der Waals surface area (Å²) in [5.41, 5.74) is 3.00. The average Bonchev–Trinajstić information content (AvgIpc) is 2.97. The molecule has 2 aromatic carbocycles. The Bertz CT molecular complexity index is 796. The van der Waals surface area contributed by atoms with E-state index in [0.717, 1.165) is 21.8 Å². The second-order valence-electron chi connectivity index (χ2n) is 4.43. The first kappa shape index (κ1) is 13.8. The fourth-order valence-corrected chi connectivity index (χ4v) is 2.97. The van der Waals surface area contributed by atoms with Gasteiger partial charge in [0.1, 0.15) is 5.01 Å². The van der Waals surface area contributed by atoms with E-state index in [9.17, 15) is 4.79 Å². The zero-order chi connectivity index (χ0) is 14.8. The van der Waals surface area contributed by atoms with Gasteiger partial charge in [-0.1, -0.05) is 35.9 Å². The zero-order valence-corrected chi connectivity index (χ0v) is 12.4. The molecule has 0 aliphatic rings. The van der Waals surface area contributed by atoms with Crippen molar-refractivity contribution in [3.05, 3.63) is 64.5 Å². The fourth-order valence-electron chi connectivity index (χ4n) is 1.94. The number of carboxylic acids is 1. The minimum atomic E-state index is -0.930. The number of aromatic carboxylic acids is 1. The van der Waals surface area contributed by atoms with Gasteiger partial charge in [-0.3, -0.25) is 0 Å². The molecule has 1 heterocycles. The normalized spacial score (nSPS) is 10.5. The fraction of sp³-hybridized carbons (Fsp3) is 0. The molecule has 0 unspecified atom stereocenters. The molecule has 0 saturated heterocycles. The Morgan fingerprint density at radius 1 is 1.10 bits per heavy atom. The summed E-state index contributed by atoms with van der Waals surface area (Å²) in [7, 11) is 0. The van der Waals surface area contributed by atoms with Crippen LogP contribution in [-0.4, -0.2) is 16.1 Å². The van der Waals surface area contributed by atoms with Crippen LogP contribution in [0.3, 0.4) is 0 Å². The van der Waals surface area contributed by atoms with Crippen LogP contribution in [0.1, 0.15) is 10.4 Å². The minimum Gasteiger partial charge on any atom is -0.478 e. The monoisotopic (exact) mass is 315 g/mol. The number of carbonyl (C=O) groups is 1. The van der Waals surface area contributed by atoms with E-state index in [0.29, 0.717) is 5.02 Å². The number of thiazole rings is 1. The van der Waals surface area contributed by atoms with Gasteiger partial charge in [0.25, 0.3) is 0 Å². The Balaban J connectivity index is 1.93. The summed E-state index contributed by atoms with van der Waals surface area (Å²) >= 11 is 7.50. The molecule has 5 heteroatoms. The molecule has 0 atom stereocenters. The molecule has 0 bridgehead atoms. The molecule has 0 saturated carbocycles. The Morgan fingerprint density at radius 3 is 2.52 bits per heavy atom. The number of halogens is 1. The van der Waals surface area contributed by atoms with Gasteiger partial charge in [0.2, 0.25) is 0 Å². The van der Waals surface area contributed by atoms with Gasteiger partial charge in [0.15, 0.2) is 0 Å². The Labute approximate surface area is 130 Å². The molecule has 1 aromatic heterocycles. The standard InChI is InChI=1S/C16H10ClNO2S/c17-13-3-1-2-12(8-13)14-9-21-15(18-14)10-4-6-11(7-5-10)16(19)20/h1-9H,(H,19,20). The molecule has 0 amide bonds. The van der Waals surface area contributed by atoms with Gasteiger partial charge in [0, 0.05) is 21.5 Å². The molecule has 1 N–H and O–H groups in total. The number of aromatic nitrogens is 1. The molecule has 3 aromatic rings. The molecule has 0 spiro atoms. The van der Waals surface area contributed by atoms with Crippen molar-refractivity contribution in [2.45, 2.75) is 0 Å². The molecular weight excluding hydrogens is 306 g/mol. The lowest BCUT2D eigenvalue weighted by atomic mass is 10.1. The SMILES string of the molecule is O=C(O)c1ccc(-c2nc(-c3cccc(Cl)c3)cs2)cc1. The van der Waals surface area contributed by atoms with Gasteiger partial charge in [-0.25, -0.2) is 9.78 Å². The third kappa shape index (κ3) is 2.96. The third-order valence-corrected chi connectivity index (χ3v) is 4.13. The van der Waals surface area contributed by atoms with Crippen LogP contribution < -0.4 is 0 Å². The molecule has 3 nitrogen and oxygen atoms in total. The highest BCUT2D eigenvalue weighted by Crippen LogP contribution is 2.30. The maximum absolute atomic E-state index is 10.8. The van der Waals surface area contributed by atoms with E-state index < -0.39 is 5.97 Å². The highest BCUT2D eigenvalue weighted by atomic mass is 35.5. The van der Waals surface area contributed by atoms with Crippen molar-refractivity contribution in [3.63, 3.8) is 0 Å². The Kier molecular flexibility index (Phi) is 3.73. The quantitative estimate of drug-likeness (QED) is 0.753. The summed E-state index contributed by atoms with van der Waals surface area (Å²) in [5.74, 6) is -0.930. The van der Waals surface area contributed by atoms with Gasteiger partial charge in [-0.05, 0) is 24.3 Å². The molecular formula is C16H10ClNO2S. The number of hydrogen-bond donors (Lipinski definition) is 1. The van der Waals surface area contributed by atoms with E-state index in [4.69, 9.17) is 16.7 Å². The lowest BCUT2D eigenvalue weighted by Gasteiger charge is -1.99. The molecule has 0 aliphatic heterocycles. The van der Waals surface area contributed by atoms with E-state index in [-0.39, 0.29) is 5.56 Å². The van der Waals surface area contributed by atoms with E-state index in [1.54, 1.807) is 24.3 Å². The summed E-state index contributed by atoms with van der Waals surface area (Å²) in [6, 6.07) is 14.2. The van der Waals surface area contributed by atoms with Crippen molar-refractivity contribution in [3.8, 4) is 21.8 Å². The van der Waals surface area contributed by atoms with E-state index in [2.05, 4.69) is 4.98 Å². The lowest BCUT2D eigenvalue weighted by molar-refractivity contribution is 0.0697. The van der Waals surface area contributed by atoms with Crippen molar-refractivity contribution in [1.29, 1.82) is 0 Å². The lowest BCUT2D eigenvalue weighted by Crippen LogP contribution is -1.94. The van der Waals surface area contributed by atoms with Crippen molar-refractivity contribution in [2.75, 3.05) is 0 Å². The first-order valence-electron chi connectivity index (χ1n) is 6.19. The first-order chi connectivity index (χ1) is 10.1.